The zero-order valence-electron chi connectivity index (χ0n) is 14.3. The molecule has 26 heavy (non-hydrogen) atoms. The summed E-state index contributed by atoms with van der Waals surface area (Å²) in [6.45, 7) is 0.612. The van der Waals surface area contributed by atoms with Crippen molar-refractivity contribution in [1.29, 1.82) is 0 Å². The summed E-state index contributed by atoms with van der Waals surface area (Å²) in [4.78, 5) is 20.7. The van der Waals surface area contributed by atoms with Crippen LogP contribution in [0.1, 0.15) is 42.6 Å². The lowest BCUT2D eigenvalue weighted by Gasteiger charge is -2.13. The highest BCUT2D eigenvalue weighted by molar-refractivity contribution is 6.36. The second kappa shape index (κ2) is 9.01. The number of halogens is 2. The molecule has 0 saturated heterocycles. The summed E-state index contributed by atoms with van der Waals surface area (Å²) in [6, 6.07) is 6.66. The van der Waals surface area contributed by atoms with E-state index < -0.39 is 0 Å². The molecule has 0 unspecified atom stereocenters. The minimum absolute atomic E-state index is 0.214. The zero-order chi connectivity index (χ0) is 18.4. The van der Waals surface area contributed by atoms with E-state index in [4.69, 9.17) is 23.2 Å². The fourth-order valence-electron chi connectivity index (χ4n) is 2.82. The highest BCUT2D eigenvalue weighted by Gasteiger charge is 2.10. The van der Waals surface area contributed by atoms with E-state index in [0.717, 1.165) is 19.3 Å². The van der Waals surface area contributed by atoms with Gasteiger partial charge < -0.3 is 10.6 Å². The molecule has 5 nitrogen and oxygen atoms in total. The Bertz CT molecular complexity index is 823. The number of rotatable bonds is 6. The first-order chi connectivity index (χ1) is 12.6. The predicted octanol–water partition coefficient (Wildman–Crippen LogP) is 5.15. The second-order valence-electron chi connectivity index (χ2n) is 6.13. The first kappa shape index (κ1) is 18.7. The number of hydrogen-bond acceptors (Lipinski definition) is 4. The Morgan fingerprint density at radius 3 is 2.85 bits per heavy atom. The van der Waals surface area contributed by atoms with E-state index in [9.17, 15) is 4.79 Å². The predicted molar refractivity (Wildman–Crippen MR) is 105 cm³/mol. The Hall–Kier alpha value is -2.11. The highest BCUT2D eigenvalue weighted by atomic mass is 35.5. The van der Waals surface area contributed by atoms with Crippen LogP contribution in [0.5, 0.6) is 0 Å². The summed E-state index contributed by atoms with van der Waals surface area (Å²) in [6.07, 6.45) is 9.52. The van der Waals surface area contributed by atoms with Gasteiger partial charge in [0.15, 0.2) is 0 Å². The Morgan fingerprint density at radius 2 is 2.08 bits per heavy atom. The van der Waals surface area contributed by atoms with E-state index in [1.807, 2.05) is 0 Å². The largest absolute Gasteiger partial charge is 0.350 e. The molecule has 0 bridgehead atoms. The van der Waals surface area contributed by atoms with E-state index in [2.05, 4.69) is 26.7 Å². The summed E-state index contributed by atoms with van der Waals surface area (Å²) >= 11 is 12.0. The van der Waals surface area contributed by atoms with Crippen LogP contribution in [0.25, 0.3) is 0 Å². The third-order valence-electron chi connectivity index (χ3n) is 4.18. The van der Waals surface area contributed by atoms with Crippen LogP contribution in [-0.4, -0.2) is 22.4 Å². The number of carbonyl (C=O) groups excluding carboxylic acids is 1. The minimum Gasteiger partial charge on any atom is -0.350 e. The minimum atomic E-state index is -0.214. The highest BCUT2D eigenvalue weighted by Crippen LogP contribution is 2.27. The van der Waals surface area contributed by atoms with E-state index in [0.29, 0.717) is 33.9 Å². The van der Waals surface area contributed by atoms with Crippen molar-refractivity contribution in [2.45, 2.75) is 32.1 Å². The Labute approximate surface area is 162 Å². The summed E-state index contributed by atoms with van der Waals surface area (Å²) in [5, 5.41) is 6.91. The fourth-order valence-corrected chi connectivity index (χ4v) is 3.27. The number of carbonyl (C=O) groups is 1. The molecule has 136 valence electrons. The normalized spacial score (nSPS) is 13.8. The average Bonchev–Trinajstić information content (AvgIpc) is 2.65. The van der Waals surface area contributed by atoms with Gasteiger partial charge in [-0.15, -0.1) is 0 Å². The Balaban J connectivity index is 1.59. The molecule has 1 heterocycles. The van der Waals surface area contributed by atoms with Crippen molar-refractivity contribution in [3.63, 3.8) is 0 Å². The topological polar surface area (TPSA) is 66.9 Å². The molecule has 1 aromatic carbocycles. The van der Waals surface area contributed by atoms with Gasteiger partial charge in [0, 0.05) is 17.8 Å². The van der Waals surface area contributed by atoms with Gasteiger partial charge in [0.2, 0.25) is 5.95 Å². The molecule has 0 saturated carbocycles. The molecule has 2 aromatic rings. The van der Waals surface area contributed by atoms with Crippen molar-refractivity contribution in [2.24, 2.45) is 0 Å². The quantitative estimate of drug-likeness (QED) is 0.669. The molecule has 0 spiro atoms. The number of allylic oxidation sites excluding steroid dienone is 1. The van der Waals surface area contributed by atoms with E-state index in [-0.39, 0.29) is 5.91 Å². The molecule has 1 aliphatic carbocycles. The van der Waals surface area contributed by atoms with Gasteiger partial charge in [-0.3, -0.25) is 4.79 Å². The lowest BCUT2D eigenvalue weighted by atomic mass is 9.97. The molecular formula is C19H20Cl2N4O. The van der Waals surface area contributed by atoms with Crippen LogP contribution >= 0.6 is 23.2 Å². The zero-order valence-corrected chi connectivity index (χ0v) is 15.8. The third kappa shape index (κ3) is 5.19. The molecule has 0 aliphatic heterocycles. The number of amides is 1. The molecule has 3 rings (SSSR count). The van der Waals surface area contributed by atoms with Crippen LogP contribution < -0.4 is 10.6 Å². The van der Waals surface area contributed by atoms with Gasteiger partial charge in [0.1, 0.15) is 5.69 Å². The van der Waals surface area contributed by atoms with Crippen LogP contribution in [-0.2, 0) is 0 Å². The van der Waals surface area contributed by atoms with Crippen molar-refractivity contribution in [3.8, 4) is 0 Å². The molecular weight excluding hydrogens is 371 g/mol. The summed E-state index contributed by atoms with van der Waals surface area (Å²) < 4.78 is 0. The molecule has 0 fully saturated rings. The number of nitrogens with zero attached hydrogens (tertiary/aromatic N) is 2. The number of hydrogen-bond donors (Lipinski definition) is 2. The molecule has 0 radical (unpaired) electrons. The smallest absolute Gasteiger partial charge is 0.270 e. The summed E-state index contributed by atoms with van der Waals surface area (Å²) in [5.41, 5.74) is 2.36. The van der Waals surface area contributed by atoms with Crippen LogP contribution in [0.4, 0.5) is 11.6 Å². The Kier molecular flexibility index (Phi) is 6.47. The maximum absolute atomic E-state index is 12.3. The van der Waals surface area contributed by atoms with E-state index in [1.165, 1.54) is 24.6 Å². The van der Waals surface area contributed by atoms with Gasteiger partial charge in [-0.1, -0.05) is 34.9 Å². The van der Waals surface area contributed by atoms with Gasteiger partial charge in [-0.2, -0.15) is 0 Å². The van der Waals surface area contributed by atoms with Crippen molar-refractivity contribution in [1.82, 2.24) is 15.3 Å². The lowest BCUT2D eigenvalue weighted by molar-refractivity contribution is 0.0949. The fraction of sp³-hybridized carbons (Fsp3) is 0.316. The van der Waals surface area contributed by atoms with E-state index >= 15 is 0 Å². The number of benzene rings is 1. The van der Waals surface area contributed by atoms with Crippen LogP contribution in [0.3, 0.4) is 0 Å². The molecule has 0 atom stereocenters. The number of aromatic nitrogens is 2. The maximum Gasteiger partial charge on any atom is 0.270 e. The SMILES string of the molecule is O=C(NCCC1=CCCCC1)c1ccnc(Nc2ccc(Cl)cc2Cl)n1. The molecule has 7 heteroatoms. The van der Waals surface area contributed by atoms with Crippen LogP contribution in [0.15, 0.2) is 42.1 Å². The second-order valence-corrected chi connectivity index (χ2v) is 6.97. The van der Waals surface area contributed by atoms with Gasteiger partial charge in [-0.05, 0) is 56.4 Å². The summed E-state index contributed by atoms with van der Waals surface area (Å²) in [5.74, 6) is 0.0888. The van der Waals surface area contributed by atoms with Crippen molar-refractivity contribution in [3.05, 3.63) is 57.9 Å². The summed E-state index contributed by atoms with van der Waals surface area (Å²) in [7, 11) is 0. The molecule has 2 N–H and O–H groups in total. The van der Waals surface area contributed by atoms with Gasteiger partial charge >= 0.3 is 0 Å². The van der Waals surface area contributed by atoms with Crippen molar-refractivity contribution < 1.29 is 4.79 Å². The third-order valence-corrected chi connectivity index (χ3v) is 4.73. The van der Waals surface area contributed by atoms with Gasteiger partial charge in [-0.25, -0.2) is 9.97 Å². The number of nitrogens with one attached hydrogen (secondary N) is 2. The first-order valence-electron chi connectivity index (χ1n) is 8.63. The van der Waals surface area contributed by atoms with Crippen LogP contribution in [0, 0.1) is 0 Å². The van der Waals surface area contributed by atoms with E-state index in [1.54, 1.807) is 24.3 Å². The van der Waals surface area contributed by atoms with Gasteiger partial charge in [0.25, 0.3) is 5.91 Å². The maximum atomic E-state index is 12.3. The molecule has 1 aliphatic rings. The standard InChI is InChI=1S/C19H20Cl2N4O/c20-14-6-7-16(15(21)12-14)24-19-23-11-9-17(25-19)18(26)22-10-8-13-4-2-1-3-5-13/h4,6-7,9,11-12H,1-3,5,8,10H2,(H,22,26)(H,23,24,25). The number of anilines is 2. The van der Waals surface area contributed by atoms with Gasteiger partial charge in [0.05, 0.1) is 10.7 Å². The van der Waals surface area contributed by atoms with Crippen LogP contribution in [0.2, 0.25) is 10.0 Å². The lowest BCUT2D eigenvalue weighted by Crippen LogP contribution is -2.26. The Morgan fingerprint density at radius 1 is 1.19 bits per heavy atom. The van der Waals surface area contributed by atoms with Crippen molar-refractivity contribution >= 4 is 40.7 Å². The average molecular weight is 391 g/mol. The van der Waals surface area contributed by atoms with Crippen molar-refractivity contribution in [2.75, 3.05) is 11.9 Å². The monoisotopic (exact) mass is 390 g/mol. The molecule has 1 aromatic heterocycles. The molecule has 1 amide bonds. The first-order valence-corrected chi connectivity index (χ1v) is 9.38.